The van der Waals surface area contributed by atoms with Gasteiger partial charge in [0.2, 0.25) is 17.7 Å². The lowest BCUT2D eigenvalue weighted by molar-refractivity contribution is -0.126. The van der Waals surface area contributed by atoms with Gasteiger partial charge in [0.1, 0.15) is 0 Å². The molecular formula is C18H21N3O3. The summed E-state index contributed by atoms with van der Waals surface area (Å²) in [7, 11) is 0. The van der Waals surface area contributed by atoms with Gasteiger partial charge < -0.3 is 17.2 Å². The predicted octanol–water partition coefficient (Wildman–Crippen LogP) is 1.11. The van der Waals surface area contributed by atoms with Gasteiger partial charge in [0.25, 0.3) is 0 Å². The first-order valence-electron chi connectivity index (χ1n) is 7.61. The number of nitrogens with two attached hydrogens (primary N) is 3. The van der Waals surface area contributed by atoms with E-state index in [-0.39, 0.29) is 12.3 Å². The summed E-state index contributed by atoms with van der Waals surface area (Å²) in [6, 6.07) is 6.69. The highest BCUT2D eigenvalue weighted by atomic mass is 16.2. The molecule has 2 rings (SSSR count). The summed E-state index contributed by atoms with van der Waals surface area (Å²) in [5, 5.41) is 0. The second-order valence-corrected chi connectivity index (χ2v) is 6.25. The van der Waals surface area contributed by atoms with Crippen LogP contribution in [0.3, 0.4) is 0 Å². The van der Waals surface area contributed by atoms with Crippen LogP contribution >= 0.6 is 0 Å². The molecule has 0 bridgehead atoms. The monoisotopic (exact) mass is 327 g/mol. The lowest BCUT2D eigenvalue weighted by Gasteiger charge is -2.39. The highest BCUT2D eigenvalue weighted by Gasteiger charge is 2.46. The molecule has 0 heterocycles. The zero-order valence-electron chi connectivity index (χ0n) is 13.7. The summed E-state index contributed by atoms with van der Waals surface area (Å²) in [5.41, 5.74) is 17.4. The minimum atomic E-state index is -1.09. The molecule has 0 spiro atoms. The number of carbonyl (C=O) groups is 3. The molecule has 1 aromatic rings. The Balaban J connectivity index is 2.70. The Hall–Kier alpha value is -2.89. The first-order valence-corrected chi connectivity index (χ1v) is 7.61. The van der Waals surface area contributed by atoms with Gasteiger partial charge >= 0.3 is 0 Å². The molecule has 126 valence electrons. The molecule has 6 heteroatoms. The number of allylic oxidation sites excluding steroid dienone is 2. The van der Waals surface area contributed by atoms with E-state index in [0.717, 1.165) is 0 Å². The Morgan fingerprint density at radius 2 is 1.71 bits per heavy atom. The van der Waals surface area contributed by atoms with Crippen molar-refractivity contribution < 1.29 is 14.4 Å². The lowest BCUT2D eigenvalue weighted by atomic mass is 9.63. The van der Waals surface area contributed by atoms with Crippen molar-refractivity contribution in [3.63, 3.8) is 0 Å². The van der Waals surface area contributed by atoms with E-state index in [0.29, 0.717) is 22.3 Å². The number of rotatable bonds is 5. The van der Waals surface area contributed by atoms with E-state index in [1.54, 1.807) is 36.4 Å². The molecule has 24 heavy (non-hydrogen) atoms. The summed E-state index contributed by atoms with van der Waals surface area (Å²) in [6.07, 6.45) is 3.40. The maximum atomic E-state index is 12.4. The molecule has 1 atom stereocenters. The molecule has 0 saturated heterocycles. The van der Waals surface area contributed by atoms with E-state index in [1.165, 1.54) is 0 Å². The lowest BCUT2D eigenvalue weighted by Crippen LogP contribution is -2.44. The number of amides is 3. The van der Waals surface area contributed by atoms with Gasteiger partial charge in [0.15, 0.2) is 0 Å². The standard InChI is InChI=1S/C18H21N3O3/c1-10(2)18(17(21)24)9-13(16(20)23)6-7-14(18)11-4-3-5-12(8-11)15(19)22/h3-8,10H,9H2,1-2H3,(H2,19,22)(H2,20,23)(H2,21,24). The fourth-order valence-corrected chi connectivity index (χ4v) is 3.17. The van der Waals surface area contributed by atoms with Crippen molar-refractivity contribution in [3.05, 3.63) is 53.1 Å². The van der Waals surface area contributed by atoms with Gasteiger partial charge in [0.05, 0.1) is 5.41 Å². The third-order valence-corrected chi connectivity index (χ3v) is 4.60. The Morgan fingerprint density at radius 1 is 1.04 bits per heavy atom. The average Bonchev–Trinajstić information content (AvgIpc) is 2.53. The average molecular weight is 327 g/mol. The number of hydrogen-bond acceptors (Lipinski definition) is 3. The molecule has 3 amide bonds. The zero-order chi connectivity index (χ0) is 18.1. The van der Waals surface area contributed by atoms with E-state index in [2.05, 4.69) is 0 Å². The molecule has 1 aliphatic carbocycles. The molecule has 0 aliphatic heterocycles. The third kappa shape index (κ3) is 2.82. The van der Waals surface area contributed by atoms with Gasteiger partial charge in [-0.25, -0.2) is 0 Å². The van der Waals surface area contributed by atoms with E-state index in [9.17, 15) is 14.4 Å². The van der Waals surface area contributed by atoms with Gasteiger partial charge in [-0.15, -0.1) is 0 Å². The molecule has 1 aromatic carbocycles. The van der Waals surface area contributed by atoms with Gasteiger partial charge in [-0.05, 0) is 35.6 Å². The SMILES string of the molecule is CC(C)C1(C(N)=O)CC(C(N)=O)=CC=C1c1cccc(C(N)=O)c1. The summed E-state index contributed by atoms with van der Waals surface area (Å²) >= 11 is 0. The summed E-state index contributed by atoms with van der Waals surface area (Å²) in [4.78, 5) is 35.4. The molecule has 1 aliphatic rings. The van der Waals surface area contributed by atoms with Crippen molar-refractivity contribution in [2.24, 2.45) is 28.5 Å². The number of primary amides is 3. The first kappa shape index (κ1) is 17.5. The summed E-state index contributed by atoms with van der Waals surface area (Å²) in [6.45, 7) is 3.72. The smallest absolute Gasteiger partial charge is 0.248 e. The maximum Gasteiger partial charge on any atom is 0.248 e. The molecule has 0 radical (unpaired) electrons. The molecule has 0 aromatic heterocycles. The van der Waals surface area contributed by atoms with Crippen molar-refractivity contribution in [3.8, 4) is 0 Å². The van der Waals surface area contributed by atoms with Crippen LogP contribution in [0.1, 0.15) is 36.2 Å². The largest absolute Gasteiger partial charge is 0.369 e. The number of benzene rings is 1. The Bertz CT molecular complexity index is 777. The molecule has 0 fully saturated rings. The van der Waals surface area contributed by atoms with Crippen LogP contribution < -0.4 is 17.2 Å². The van der Waals surface area contributed by atoms with Crippen LogP contribution in [-0.2, 0) is 9.59 Å². The Morgan fingerprint density at radius 3 is 2.21 bits per heavy atom. The molecule has 0 saturated carbocycles. The normalized spacial score (nSPS) is 20.3. The van der Waals surface area contributed by atoms with Crippen molar-refractivity contribution >= 4 is 23.3 Å². The molecular weight excluding hydrogens is 306 g/mol. The third-order valence-electron chi connectivity index (χ3n) is 4.60. The van der Waals surface area contributed by atoms with Crippen molar-refractivity contribution in [1.29, 1.82) is 0 Å². The number of hydrogen-bond donors (Lipinski definition) is 3. The van der Waals surface area contributed by atoms with E-state index in [4.69, 9.17) is 17.2 Å². The van der Waals surface area contributed by atoms with Crippen LogP contribution in [0.2, 0.25) is 0 Å². The fraction of sp³-hybridized carbons (Fsp3) is 0.278. The van der Waals surface area contributed by atoms with Gasteiger partial charge in [-0.1, -0.05) is 38.1 Å². The Kier molecular flexibility index (Phi) is 4.59. The molecule has 1 unspecified atom stereocenters. The van der Waals surface area contributed by atoms with E-state index in [1.807, 2.05) is 13.8 Å². The minimum absolute atomic E-state index is 0.127. The second-order valence-electron chi connectivity index (χ2n) is 6.25. The van der Waals surface area contributed by atoms with Gasteiger partial charge in [0, 0.05) is 11.1 Å². The fourth-order valence-electron chi connectivity index (χ4n) is 3.17. The zero-order valence-corrected chi connectivity index (χ0v) is 13.7. The second kappa shape index (κ2) is 6.31. The number of carbonyl (C=O) groups excluding carboxylic acids is 3. The van der Waals surface area contributed by atoms with Gasteiger partial charge in [-0.3, -0.25) is 14.4 Å². The van der Waals surface area contributed by atoms with Crippen LogP contribution in [0.15, 0.2) is 42.0 Å². The minimum Gasteiger partial charge on any atom is -0.369 e. The van der Waals surface area contributed by atoms with E-state index < -0.39 is 23.1 Å². The van der Waals surface area contributed by atoms with Crippen LogP contribution in [0, 0.1) is 11.3 Å². The van der Waals surface area contributed by atoms with Gasteiger partial charge in [-0.2, -0.15) is 0 Å². The highest BCUT2D eigenvalue weighted by molar-refractivity contribution is 6.02. The van der Waals surface area contributed by atoms with Crippen LogP contribution in [-0.4, -0.2) is 17.7 Å². The van der Waals surface area contributed by atoms with E-state index >= 15 is 0 Å². The summed E-state index contributed by atoms with van der Waals surface area (Å²) in [5.74, 6) is -1.86. The van der Waals surface area contributed by atoms with Crippen molar-refractivity contribution in [1.82, 2.24) is 0 Å². The topological polar surface area (TPSA) is 129 Å². The maximum absolute atomic E-state index is 12.4. The van der Waals surface area contributed by atoms with Crippen LogP contribution in [0.5, 0.6) is 0 Å². The molecule has 6 N–H and O–H groups in total. The molecule has 6 nitrogen and oxygen atoms in total. The van der Waals surface area contributed by atoms with Crippen molar-refractivity contribution in [2.75, 3.05) is 0 Å². The van der Waals surface area contributed by atoms with Crippen LogP contribution in [0.4, 0.5) is 0 Å². The van der Waals surface area contributed by atoms with Crippen LogP contribution in [0.25, 0.3) is 5.57 Å². The highest BCUT2D eigenvalue weighted by Crippen LogP contribution is 2.48. The predicted molar refractivity (Wildman–Crippen MR) is 91.3 cm³/mol. The summed E-state index contributed by atoms with van der Waals surface area (Å²) < 4.78 is 0. The quantitative estimate of drug-likeness (QED) is 0.749. The first-order chi connectivity index (χ1) is 11.2. The van der Waals surface area contributed by atoms with Crippen molar-refractivity contribution in [2.45, 2.75) is 20.3 Å². The Labute approximate surface area is 140 Å².